The summed E-state index contributed by atoms with van der Waals surface area (Å²) in [7, 11) is 0. The van der Waals surface area contributed by atoms with E-state index in [1.54, 1.807) is 18.3 Å². The van der Waals surface area contributed by atoms with E-state index in [1.807, 2.05) is 6.07 Å². The Labute approximate surface area is 99.6 Å². The van der Waals surface area contributed by atoms with Crippen molar-refractivity contribution in [3.05, 3.63) is 51.4 Å². The molecule has 2 N–H and O–H groups in total. The number of nitrogens with zero attached hydrogens (tertiary/aromatic N) is 3. The fourth-order valence-corrected chi connectivity index (χ4v) is 1.58. The van der Waals surface area contributed by atoms with Crippen LogP contribution in [0, 0.1) is 0 Å². The molecule has 0 amide bonds. The van der Waals surface area contributed by atoms with Gasteiger partial charge in [0.1, 0.15) is 5.69 Å². The van der Waals surface area contributed by atoms with Crippen LogP contribution >= 0.6 is 0 Å². The third-order valence-electron chi connectivity index (χ3n) is 2.37. The molecular weight excluding hydrogens is 234 g/mol. The van der Waals surface area contributed by atoms with Crippen molar-refractivity contribution in [3.63, 3.8) is 0 Å². The number of nitrogens with one attached hydrogen (secondary N) is 2. The minimum Gasteiger partial charge on any atom is -0.290 e. The Bertz CT molecular complexity index is 822. The molecule has 7 heteroatoms. The normalized spacial score (nSPS) is 10.7. The van der Waals surface area contributed by atoms with E-state index in [0.717, 1.165) is 0 Å². The summed E-state index contributed by atoms with van der Waals surface area (Å²) in [6.45, 7) is 0. The summed E-state index contributed by atoms with van der Waals surface area (Å²) < 4.78 is 0. The molecule has 7 nitrogen and oxygen atoms in total. The van der Waals surface area contributed by atoms with Gasteiger partial charge in [0.15, 0.2) is 11.2 Å². The summed E-state index contributed by atoms with van der Waals surface area (Å²) in [5, 5.41) is 0. The molecule has 0 radical (unpaired) electrons. The molecule has 0 bridgehead atoms. The zero-order valence-electron chi connectivity index (χ0n) is 9.04. The highest BCUT2D eigenvalue weighted by molar-refractivity contribution is 5.71. The second-order valence-electron chi connectivity index (χ2n) is 3.58. The van der Waals surface area contributed by atoms with E-state index in [9.17, 15) is 9.59 Å². The molecule has 0 saturated heterocycles. The maximum absolute atomic E-state index is 11.6. The van der Waals surface area contributed by atoms with Gasteiger partial charge < -0.3 is 0 Å². The van der Waals surface area contributed by atoms with Crippen LogP contribution in [-0.4, -0.2) is 24.9 Å². The average molecular weight is 241 g/mol. The van der Waals surface area contributed by atoms with Crippen molar-refractivity contribution in [1.82, 2.24) is 24.9 Å². The van der Waals surface area contributed by atoms with E-state index in [4.69, 9.17) is 0 Å². The Balaban J connectivity index is 2.30. The first-order valence-electron chi connectivity index (χ1n) is 5.15. The molecule has 0 atom stereocenters. The summed E-state index contributed by atoms with van der Waals surface area (Å²) in [6.07, 6.45) is 3.08. The predicted octanol–water partition coefficient (Wildman–Crippen LogP) is 0.0684. The summed E-state index contributed by atoms with van der Waals surface area (Å²) in [4.78, 5) is 39.4. The maximum Gasteiger partial charge on any atom is 0.327 e. The number of rotatable bonds is 1. The number of H-pyrrole nitrogens is 2. The molecule has 0 aromatic carbocycles. The standard InChI is InChI=1S/C11H7N5O2/c17-10-8-9(15-11(18)16-10)13-5-7(14-8)6-3-1-2-4-12-6/h1-5H,(H2,13,15,16,17,18). The molecule has 0 spiro atoms. The minimum atomic E-state index is -0.604. The van der Waals surface area contributed by atoms with Crippen molar-refractivity contribution < 1.29 is 0 Å². The van der Waals surface area contributed by atoms with Crippen LogP contribution in [0.1, 0.15) is 0 Å². The lowest BCUT2D eigenvalue weighted by atomic mass is 10.3. The van der Waals surface area contributed by atoms with Crippen molar-refractivity contribution >= 4 is 11.2 Å². The van der Waals surface area contributed by atoms with Crippen LogP contribution in [0.15, 0.2) is 40.2 Å². The predicted molar refractivity (Wildman–Crippen MR) is 64.0 cm³/mol. The highest BCUT2D eigenvalue weighted by Crippen LogP contribution is 2.12. The van der Waals surface area contributed by atoms with E-state index < -0.39 is 11.2 Å². The quantitative estimate of drug-likeness (QED) is 0.627. The van der Waals surface area contributed by atoms with E-state index in [1.165, 1.54) is 6.20 Å². The molecule has 88 valence electrons. The van der Waals surface area contributed by atoms with Gasteiger partial charge in [0, 0.05) is 6.20 Å². The Morgan fingerprint density at radius 1 is 1.00 bits per heavy atom. The monoisotopic (exact) mass is 241 g/mol. The number of aromatic amines is 2. The summed E-state index contributed by atoms with van der Waals surface area (Å²) in [6, 6.07) is 5.35. The topological polar surface area (TPSA) is 104 Å². The van der Waals surface area contributed by atoms with Gasteiger partial charge in [-0.05, 0) is 12.1 Å². The van der Waals surface area contributed by atoms with Crippen LogP contribution in [0.4, 0.5) is 0 Å². The number of aromatic nitrogens is 5. The Morgan fingerprint density at radius 3 is 2.67 bits per heavy atom. The Hall–Kier alpha value is -2.83. The van der Waals surface area contributed by atoms with E-state index >= 15 is 0 Å². The zero-order chi connectivity index (χ0) is 12.5. The number of fused-ring (bicyclic) bond motifs is 1. The van der Waals surface area contributed by atoms with Gasteiger partial charge in [0.25, 0.3) is 5.56 Å². The van der Waals surface area contributed by atoms with E-state index in [-0.39, 0.29) is 11.2 Å². The molecule has 3 aromatic rings. The molecule has 3 aromatic heterocycles. The summed E-state index contributed by atoms with van der Waals surface area (Å²) >= 11 is 0. The van der Waals surface area contributed by atoms with Gasteiger partial charge in [0.05, 0.1) is 11.9 Å². The zero-order valence-corrected chi connectivity index (χ0v) is 9.04. The first-order chi connectivity index (χ1) is 8.74. The first-order valence-corrected chi connectivity index (χ1v) is 5.15. The van der Waals surface area contributed by atoms with Crippen LogP contribution in [0.25, 0.3) is 22.6 Å². The molecule has 18 heavy (non-hydrogen) atoms. The number of hydrogen-bond acceptors (Lipinski definition) is 5. The smallest absolute Gasteiger partial charge is 0.290 e. The van der Waals surface area contributed by atoms with Crippen molar-refractivity contribution in [1.29, 1.82) is 0 Å². The third-order valence-corrected chi connectivity index (χ3v) is 2.37. The van der Waals surface area contributed by atoms with Gasteiger partial charge in [-0.15, -0.1) is 0 Å². The minimum absolute atomic E-state index is 0.0813. The van der Waals surface area contributed by atoms with Crippen molar-refractivity contribution in [3.8, 4) is 11.4 Å². The molecule has 3 rings (SSSR count). The molecule has 0 aliphatic heterocycles. The lowest BCUT2D eigenvalue weighted by Gasteiger charge is -2.00. The molecule has 0 aliphatic carbocycles. The van der Waals surface area contributed by atoms with E-state index in [0.29, 0.717) is 11.4 Å². The molecule has 0 aliphatic rings. The highest BCUT2D eigenvalue weighted by Gasteiger charge is 2.07. The second kappa shape index (κ2) is 3.88. The fraction of sp³-hybridized carbons (Fsp3) is 0. The van der Waals surface area contributed by atoms with Crippen LogP contribution in [-0.2, 0) is 0 Å². The highest BCUT2D eigenvalue weighted by atomic mass is 16.2. The van der Waals surface area contributed by atoms with Gasteiger partial charge in [-0.25, -0.2) is 14.8 Å². The molecule has 0 fully saturated rings. The largest absolute Gasteiger partial charge is 0.327 e. The van der Waals surface area contributed by atoms with Gasteiger partial charge >= 0.3 is 5.69 Å². The van der Waals surface area contributed by atoms with Crippen LogP contribution in [0.2, 0.25) is 0 Å². The molecule has 0 saturated carbocycles. The first kappa shape index (κ1) is 10.3. The fourth-order valence-electron chi connectivity index (χ4n) is 1.58. The van der Waals surface area contributed by atoms with Gasteiger partial charge in [0.2, 0.25) is 0 Å². The molecular formula is C11H7N5O2. The van der Waals surface area contributed by atoms with Crippen LogP contribution < -0.4 is 11.2 Å². The Morgan fingerprint density at radius 2 is 1.89 bits per heavy atom. The molecule has 3 heterocycles. The second-order valence-corrected chi connectivity index (χ2v) is 3.58. The van der Waals surface area contributed by atoms with Crippen LogP contribution in [0.5, 0.6) is 0 Å². The van der Waals surface area contributed by atoms with E-state index in [2.05, 4.69) is 24.9 Å². The third kappa shape index (κ3) is 1.67. The summed E-state index contributed by atoms with van der Waals surface area (Å²) in [5.41, 5.74) is 0.144. The molecule has 0 unspecified atom stereocenters. The van der Waals surface area contributed by atoms with Crippen molar-refractivity contribution in [2.45, 2.75) is 0 Å². The van der Waals surface area contributed by atoms with Crippen LogP contribution in [0.3, 0.4) is 0 Å². The van der Waals surface area contributed by atoms with Gasteiger partial charge in [-0.3, -0.25) is 19.7 Å². The lowest BCUT2D eigenvalue weighted by Crippen LogP contribution is -2.23. The lowest BCUT2D eigenvalue weighted by molar-refractivity contribution is 1.04. The summed E-state index contributed by atoms with van der Waals surface area (Å²) in [5.74, 6) is 0. The average Bonchev–Trinajstić information content (AvgIpc) is 2.39. The van der Waals surface area contributed by atoms with Crippen molar-refractivity contribution in [2.75, 3.05) is 0 Å². The maximum atomic E-state index is 11.6. The number of hydrogen-bond donors (Lipinski definition) is 2. The van der Waals surface area contributed by atoms with Gasteiger partial charge in [-0.1, -0.05) is 6.07 Å². The van der Waals surface area contributed by atoms with Gasteiger partial charge in [-0.2, -0.15) is 0 Å². The Kier molecular flexibility index (Phi) is 2.23. The SMILES string of the molecule is O=c1[nH]c(=O)c2nc(-c3ccccn3)cnc2[nH]1. The van der Waals surface area contributed by atoms with Crippen molar-refractivity contribution in [2.24, 2.45) is 0 Å². The number of pyridine rings is 1.